The third-order valence-corrected chi connectivity index (χ3v) is 2.80. The number of aryl methyl sites for hydroxylation is 1. The molecule has 4 heteroatoms. The Labute approximate surface area is 109 Å². The Balaban J connectivity index is 1.71. The highest BCUT2D eigenvalue weighted by Crippen LogP contribution is 2.07. The van der Waals surface area contributed by atoms with Gasteiger partial charge in [0.15, 0.2) is 0 Å². The number of anilines is 1. The van der Waals surface area contributed by atoms with Gasteiger partial charge in [0.1, 0.15) is 0 Å². The number of benzene rings is 1. The lowest BCUT2D eigenvalue weighted by atomic mass is 10.1. The van der Waals surface area contributed by atoms with Gasteiger partial charge in [-0.05, 0) is 34.3 Å². The molecule has 0 radical (unpaired) electrons. The lowest BCUT2D eigenvalue weighted by Gasteiger charge is -2.04. The minimum Gasteiger partial charge on any atom is -0.354 e. The summed E-state index contributed by atoms with van der Waals surface area (Å²) in [5.74, 6) is 0.682. The predicted octanol–water partition coefficient (Wildman–Crippen LogP) is 3.28. The normalized spacial score (nSPS) is 10.2. The highest BCUT2D eigenvalue weighted by Gasteiger charge is 1.95. The quantitative estimate of drug-likeness (QED) is 0.859. The zero-order valence-electron chi connectivity index (χ0n) is 9.44. The molecule has 0 spiro atoms. The summed E-state index contributed by atoms with van der Waals surface area (Å²) in [4.78, 5) is 8.31. The summed E-state index contributed by atoms with van der Waals surface area (Å²) in [5, 5.41) is 3.20. The summed E-state index contributed by atoms with van der Waals surface area (Å²) in [6.07, 6.45) is 5.63. The molecule has 0 unspecified atom stereocenters. The van der Waals surface area contributed by atoms with Gasteiger partial charge in [-0.15, -0.1) is 0 Å². The number of halogens is 1. The average Bonchev–Trinajstić information content (AvgIpc) is 2.38. The zero-order valence-corrected chi connectivity index (χ0v) is 11.0. The SMILES string of the molecule is Brc1cnc(NCCCc2ccccc2)nc1. The summed E-state index contributed by atoms with van der Waals surface area (Å²) in [6.45, 7) is 0.885. The van der Waals surface area contributed by atoms with Crippen LogP contribution in [0.4, 0.5) is 5.95 Å². The van der Waals surface area contributed by atoms with Crippen molar-refractivity contribution in [3.8, 4) is 0 Å². The maximum atomic E-state index is 4.15. The van der Waals surface area contributed by atoms with E-state index in [4.69, 9.17) is 0 Å². The van der Waals surface area contributed by atoms with Crippen LogP contribution in [-0.4, -0.2) is 16.5 Å². The molecule has 0 aliphatic rings. The number of nitrogens with zero attached hydrogens (tertiary/aromatic N) is 2. The molecule has 1 N–H and O–H groups in total. The lowest BCUT2D eigenvalue weighted by molar-refractivity contribution is 0.852. The van der Waals surface area contributed by atoms with E-state index in [-0.39, 0.29) is 0 Å². The van der Waals surface area contributed by atoms with Crippen LogP contribution in [0.25, 0.3) is 0 Å². The van der Waals surface area contributed by atoms with E-state index in [1.54, 1.807) is 12.4 Å². The molecule has 0 amide bonds. The molecule has 2 rings (SSSR count). The molecule has 0 atom stereocenters. The van der Waals surface area contributed by atoms with Crippen molar-refractivity contribution in [1.29, 1.82) is 0 Å². The van der Waals surface area contributed by atoms with E-state index in [1.165, 1.54) is 5.56 Å². The Morgan fingerprint density at radius 2 is 1.76 bits per heavy atom. The van der Waals surface area contributed by atoms with E-state index in [1.807, 2.05) is 6.07 Å². The first-order chi connectivity index (χ1) is 8.34. The summed E-state index contributed by atoms with van der Waals surface area (Å²) < 4.78 is 0.896. The fourth-order valence-electron chi connectivity index (χ4n) is 1.54. The second-order valence-corrected chi connectivity index (χ2v) is 4.66. The minimum atomic E-state index is 0.682. The van der Waals surface area contributed by atoms with E-state index in [0.717, 1.165) is 23.9 Å². The van der Waals surface area contributed by atoms with Crippen molar-refractivity contribution in [2.24, 2.45) is 0 Å². The minimum absolute atomic E-state index is 0.682. The average molecular weight is 292 g/mol. The maximum absolute atomic E-state index is 4.15. The first-order valence-electron chi connectivity index (χ1n) is 5.60. The largest absolute Gasteiger partial charge is 0.354 e. The third kappa shape index (κ3) is 4.15. The van der Waals surface area contributed by atoms with Crippen LogP contribution in [0, 0.1) is 0 Å². The summed E-state index contributed by atoms with van der Waals surface area (Å²) >= 11 is 3.31. The molecule has 1 aromatic heterocycles. The summed E-state index contributed by atoms with van der Waals surface area (Å²) in [5.41, 5.74) is 1.37. The van der Waals surface area contributed by atoms with Gasteiger partial charge in [0, 0.05) is 18.9 Å². The van der Waals surface area contributed by atoms with E-state index in [2.05, 4.69) is 55.5 Å². The molecule has 88 valence electrons. The smallest absolute Gasteiger partial charge is 0.222 e. The van der Waals surface area contributed by atoms with Crippen LogP contribution in [0.1, 0.15) is 12.0 Å². The van der Waals surface area contributed by atoms with Gasteiger partial charge in [-0.1, -0.05) is 30.3 Å². The van der Waals surface area contributed by atoms with Crippen molar-refractivity contribution in [3.63, 3.8) is 0 Å². The fourth-order valence-corrected chi connectivity index (χ4v) is 1.75. The van der Waals surface area contributed by atoms with Gasteiger partial charge >= 0.3 is 0 Å². The van der Waals surface area contributed by atoms with Gasteiger partial charge in [0.25, 0.3) is 0 Å². The molecular weight excluding hydrogens is 278 g/mol. The molecule has 1 heterocycles. The number of hydrogen-bond acceptors (Lipinski definition) is 3. The number of hydrogen-bond donors (Lipinski definition) is 1. The van der Waals surface area contributed by atoms with Crippen molar-refractivity contribution >= 4 is 21.9 Å². The van der Waals surface area contributed by atoms with E-state index in [0.29, 0.717) is 5.95 Å². The Kier molecular flexibility index (Phi) is 4.50. The summed E-state index contributed by atoms with van der Waals surface area (Å²) in [6, 6.07) is 10.5. The second kappa shape index (κ2) is 6.35. The fraction of sp³-hybridized carbons (Fsp3) is 0.231. The van der Waals surface area contributed by atoms with Crippen LogP contribution in [0.5, 0.6) is 0 Å². The predicted molar refractivity (Wildman–Crippen MR) is 73.0 cm³/mol. The van der Waals surface area contributed by atoms with Crippen LogP contribution in [0.15, 0.2) is 47.2 Å². The zero-order chi connectivity index (χ0) is 11.9. The van der Waals surface area contributed by atoms with Gasteiger partial charge in [-0.2, -0.15) is 0 Å². The monoisotopic (exact) mass is 291 g/mol. The molecule has 17 heavy (non-hydrogen) atoms. The number of nitrogens with one attached hydrogen (secondary N) is 1. The van der Waals surface area contributed by atoms with Gasteiger partial charge in [0.2, 0.25) is 5.95 Å². The van der Waals surface area contributed by atoms with Gasteiger partial charge in [0.05, 0.1) is 4.47 Å². The number of rotatable bonds is 5. The third-order valence-electron chi connectivity index (χ3n) is 2.39. The van der Waals surface area contributed by atoms with Crippen LogP contribution >= 0.6 is 15.9 Å². The van der Waals surface area contributed by atoms with Crippen LogP contribution in [0.3, 0.4) is 0 Å². The molecule has 0 aliphatic carbocycles. The van der Waals surface area contributed by atoms with Crippen molar-refractivity contribution < 1.29 is 0 Å². The van der Waals surface area contributed by atoms with Crippen molar-refractivity contribution in [3.05, 3.63) is 52.8 Å². The molecule has 0 saturated heterocycles. The molecule has 1 aromatic carbocycles. The summed E-state index contributed by atoms with van der Waals surface area (Å²) in [7, 11) is 0. The van der Waals surface area contributed by atoms with Crippen molar-refractivity contribution in [2.75, 3.05) is 11.9 Å². The molecule has 3 nitrogen and oxygen atoms in total. The highest BCUT2D eigenvalue weighted by atomic mass is 79.9. The standard InChI is InChI=1S/C13H14BrN3/c14-12-9-16-13(17-10-12)15-8-4-7-11-5-2-1-3-6-11/h1-3,5-6,9-10H,4,7-8H2,(H,15,16,17). The molecule has 0 fully saturated rings. The van der Waals surface area contributed by atoms with E-state index >= 15 is 0 Å². The molecule has 0 saturated carbocycles. The first kappa shape index (κ1) is 12.0. The second-order valence-electron chi connectivity index (χ2n) is 3.74. The molecule has 0 aliphatic heterocycles. The lowest BCUT2D eigenvalue weighted by Crippen LogP contribution is -2.05. The Bertz CT molecular complexity index is 442. The van der Waals surface area contributed by atoms with Crippen LogP contribution in [-0.2, 0) is 6.42 Å². The Hall–Kier alpha value is -1.42. The van der Waals surface area contributed by atoms with Gasteiger partial charge in [-0.3, -0.25) is 0 Å². The maximum Gasteiger partial charge on any atom is 0.222 e. The Morgan fingerprint density at radius 1 is 1.06 bits per heavy atom. The van der Waals surface area contributed by atoms with Gasteiger partial charge in [-0.25, -0.2) is 9.97 Å². The first-order valence-corrected chi connectivity index (χ1v) is 6.39. The molecule has 0 bridgehead atoms. The van der Waals surface area contributed by atoms with E-state index in [9.17, 15) is 0 Å². The highest BCUT2D eigenvalue weighted by molar-refractivity contribution is 9.10. The Morgan fingerprint density at radius 3 is 2.47 bits per heavy atom. The number of aromatic nitrogens is 2. The van der Waals surface area contributed by atoms with Crippen molar-refractivity contribution in [2.45, 2.75) is 12.8 Å². The van der Waals surface area contributed by atoms with Crippen LogP contribution < -0.4 is 5.32 Å². The topological polar surface area (TPSA) is 37.8 Å². The van der Waals surface area contributed by atoms with Crippen LogP contribution in [0.2, 0.25) is 0 Å². The van der Waals surface area contributed by atoms with E-state index < -0.39 is 0 Å². The van der Waals surface area contributed by atoms with Crippen molar-refractivity contribution in [1.82, 2.24) is 9.97 Å². The van der Waals surface area contributed by atoms with Gasteiger partial charge < -0.3 is 5.32 Å². The molecular formula is C13H14BrN3. The molecule has 2 aromatic rings.